The second-order valence-corrected chi connectivity index (χ2v) is 8.83. The number of carbonyl (C=O) groups is 1. The van der Waals surface area contributed by atoms with Crippen LogP contribution in [0, 0.1) is 0 Å². The van der Waals surface area contributed by atoms with Crippen LogP contribution in [0.25, 0.3) is 16.6 Å². The highest BCUT2D eigenvalue weighted by atomic mass is 32.2. The number of nitrogens with one attached hydrogen (secondary N) is 2. The number of amides is 1. The molecule has 32 heavy (non-hydrogen) atoms. The summed E-state index contributed by atoms with van der Waals surface area (Å²) in [4.78, 5) is 39.4. The van der Waals surface area contributed by atoms with Crippen molar-refractivity contribution >= 4 is 40.0 Å². The molecule has 0 bridgehead atoms. The van der Waals surface area contributed by atoms with Crippen LogP contribution in [-0.4, -0.2) is 35.8 Å². The molecule has 3 heterocycles. The lowest BCUT2D eigenvalue weighted by Gasteiger charge is -2.26. The Labute approximate surface area is 186 Å². The van der Waals surface area contributed by atoms with Crippen molar-refractivity contribution in [3.63, 3.8) is 0 Å². The van der Waals surface area contributed by atoms with E-state index in [1.807, 2.05) is 40.8 Å². The number of fused-ring (bicyclic) bond motifs is 3. The van der Waals surface area contributed by atoms with E-state index in [1.165, 1.54) is 22.4 Å². The number of thioether (sulfide) groups is 1. The smallest absolute Gasteiger partial charge is 0.311 e. The second kappa shape index (κ2) is 8.62. The van der Waals surface area contributed by atoms with Gasteiger partial charge in [0, 0.05) is 12.1 Å². The van der Waals surface area contributed by atoms with Gasteiger partial charge in [-0.05, 0) is 36.4 Å². The van der Waals surface area contributed by atoms with Gasteiger partial charge in [0.25, 0.3) is 5.56 Å². The zero-order valence-corrected chi connectivity index (χ0v) is 18.1. The first kappa shape index (κ1) is 20.5. The highest BCUT2D eigenvalue weighted by Gasteiger charge is 2.21. The number of nitrogens with zero attached hydrogens (tertiary/aromatic N) is 4. The van der Waals surface area contributed by atoms with Crippen LogP contribution < -0.4 is 16.6 Å². The van der Waals surface area contributed by atoms with Crippen molar-refractivity contribution in [2.45, 2.75) is 43.3 Å². The average Bonchev–Trinajstić information content (AvgIpc) is 3.21. The quantitative estimate of drug-likeness (QED) is 0.452. The van der Waals surface area contributed by atoms with Gasteiger partial charge in [-0.1, -0.05) is 49.2 Å². The van der Waals surface area contributed by atoms with E-state index in [2.05, 4.69) is 20.5 Å². The summed E-state index contributed by atoms with van der Waals surface area (Å²) in [5, 5.41) is 12.8. The molecule has 4 aromatic rings. The van der Waals surface area contributed by atoms with Gasteiger partial charge < -0.3 is 5.32 Å². The Bertz CT molecular complexity index is 1420. The maximum absolute atomic E-state index is 12.7. The monoisotopic (exact) mass is 450 g/mol. The van der Waals surface area contributed by atoms with Crippen LogP contribution in [0.3, 0.4) is 0 Å². The van der Waals surface area contributed by atoms with Gasteiger partial charge in [0.15, 0.2) is 10.8 Å². The summed E-state index contributed by atoms with van der Waals surface area (Å²) in [6.07, 6.45) is 4.87. The molecule has 1 aromatic carbocycles. The molecular weight excluding hydrogens is 428 g/mol. The minimum atomic E-state index is -0.528. The third-order valence-electron chi connectivity index (χ3n) is 5.76. The van der Waals surface area contributed by atoms with Gasteiger partial charge in [0.05, 0.1) is 11.3 Å². The minimum Gasteiger partial charge on any atom is -0.311 e. The first-order valence-electron chi connectivity index (χ1n) is 10.6. The van der Waals surface area contributed by atoms with Gasteiger partial charge >= 0.3 is 5.69 Å². The van der Waals surface area contributed by atoms with Crippen LogP contribution in [0.4, 0.5) is 5.82 Å². The van der Waals surface area contributed by atoms with E-state index in [0.717, 1.165) is 43.0 Å². The summed E-state index contributed by atoms with van der Waals surface area (Å²) in [5.41, 5.74) is 0.646. The number of anilines is 1. The summed E-state index contributed by atoms with van der Waals surface area (Å²) in [7, 11) is 0. The molecule has 1 amide bonds. The molecule has 5 rings (SSSR count). The first-order valence-corrected chi connectivity index (χ1v) is 11.6. The van der Waals surface area contributed by atoms with Crippen LogP contribution in [0.15, 0.2) is 57.2 Å². The topological polar surface area (TPSA) is 114 Å². The number of H-pyrrole nitrogens is 1. The zero-order chi connectivity index (χ0) is 22.1. The van der Waals surface area contributed by atoms with Crippen molar-refractivity contribution in [1.82, 2.24) is 24.1 Å². The lowest BCUT2D eigenvalue weighted by atomic mass is 9.95. The Kier molecular flexibility index (Phi) is 5.52. The summed E-state index contributed by atoms with van der Waals surface area (Å²) < 4.78 is 3.43. The van der Waals surface area contributed by atoms with E-state index in [-0.39, 0.29) is 23.5 Å². The molecule has 1 aliphatic carbocycles. The second-order valence-electron chi connectivity index (χ2n) is 7.89. The standard InChI is InChI=1S/C22H22N6O3S/c29-19-12-18(27(21(31)24-19)15-7-2-1-3-8-15)23-20(30)13-32-22-26-25-17-11-10-14-6-4-5-9-16(14)28(17)22/h4-6,9-12,15H,1-3,7-8,13H2,(H,23,30)(H,24,29,31). The van der Waals surface area contributed by atoms with Crippen LogP contribution in [0.2, 0.25) is 0 Å². The molecule has 9 nitrogen and oxygen atoms in total. The largest absolute Gasteiger partial charge is 0.330 e. The predicted octanol–water partition coefficient (Wildman–Crippen LogP) is 2.97. The summed E-state index contributed by atoms with van der Waals surface area (Å²) in [6, 6.07) is 13.0. The molecule has 0 atom stereocenters. The van der Waals surface area contributed by atoms with E-state index in [0.29, 0.717) is 10.8 Å². The molecule has 1 aliphatic rings. The molecule has 0 aliphatic heterocycles. The number of hydrogen-bond acceptors (Lipinski definition) is 6. The molecule has 10 heteroatoms. The minimum absolute atomic E-state index is 0.0251. The summed E-state index contributed by atoms with van der Waals surface area (Å²) >= 11 is 1.25. The van der Waals surface area contributed by atoms with Crippen LogP contribution in [-0.2, 0) is 4.79 Å². The van der Waals surface area contributed by atoms with E-state index in [1.54, 1.807) is 0 Å². The maximum Gasteiger partial charge on any atom is 0.330 e. The van der Waals surface area contributed by atoms with Gasteiger partial charge in [0.2, 0.25) is 5.91 Å². The van der Waals surface area contributed by atoms with E-state index in [4.69, 9.17) is 0 Å². The number of benzene rings is 1. The SMILES string of the molecule is O=C(CSc1nnc2ccc3ccccc3n12)Nc1cc(=O)[nH]c(=O)n1C1CCCCC1. The molecule has 0 saturated heterocycles. The fourth-order valence-corrected chi connectivity index (χ4v) is 5.07. The van der Waals surface area contributed by atoms with Crippen molar-refractivity contribution in [3.05, 3.63) is 63.3 Å². The summed E-state index contributed by atoms with van der Waals surface area (Å²) in [5.74, 6) is -0.00953. The highest BCUT2D eigenvalue weighted by molar-refractivity contribution is 7.99. The summed E-state index contributed by atoms with van der Waals surface area (Å²) in [6.45, 7) is 0. The van der Waals surface area contributed by atoms with Crippen molar-refractivity contribution in [2.24, 2.45) is 0 Å². The Hall–Kier alpha value is -3.40. The van der Waals surface area contributed by atoms with Crippen molar-refractivity contribution in [1.29, 1.82) is 0 Å². The van der Waals surface area contributed by atoms with Gasteiger partial charge in [-0.15, -0.1) is 10.2 Å². The highest BCUT2D eigenvalue weighted by Crippen LogP contribution is 2.29. The number of para-hydroxylation sites is 1. The van der Waals surface area contributed by atoms with Gasteiger partial charge in [-0.3, -0.25) is 23.5 Å². The molecular formula is C22H22N6O3S. The fourth-order valence-electron chi connectivity index (χ4n) is 4.32. The molecule has 1 fully saturated rings. The fraction of sp³-hybridized carbons (Fsp3) is 0.318. The molecule has 2 N–H and O–H groups in total. The van der Waals surface area contributed by atoms with Crippen molar-refractivity contribution in [2.75, 3.05) is 11.1 Å². The maximum atomic E-state index is 12.7. The first-order chi connectivity index (χ1) is 15.6. The molecule has 1 saturated carbocycles. The molecule has 3 aromatic heterocycles. The Morgan fingerprint density at radius 1 is 1.09 bits per heavy atom. The van der Waals surface area contributed by atoms with Gasteiger partial charge in [0.1, 0.15) is 5.82 Å². The molecule has 0 spiro atoms. The van der Waals surface area contributed by atoms with E-state index >= 15 is 0 Å². The zero-order valence-electron chi connectivity index (χ0n) is 17.3. The Morgan fingerprint density at radius 3 is 2.75 bits per heavy atom. The number of aromatic amines is 1. The van der Waals surface area contributed by atoms with Crippen molar-refractivity contribution < 1.29 is 4.79 Å². The number of pyridine rings is 1. The van der Waals surface area contributed by atoms with Crippen molar-refractivity contribution in [3.8, 4) is 0 Å². The number of aromatic nitrogens is 5. The van der Waals surface area contributed by atoms with Gasteiger partial charge in [-0.25, -0.2) is 4.79 Å². The lowest BCUT2D eigenvalue weighted by Crippen LogP contribution is -2.36. The van der Waals surface area contributed by atoms with Crippen LogP contribution >= 0.6 is 11.8 Å². The van der Waals surface area contributed by atoms with E-state index < -0.39 is 11.2 Å². The Morgan fingerprint density at radius 2 is 1.91 bits per heavy atom. The number of carbonyl (C=O) groups excluding carboxylic acids is 1. The van der Waals surface area contributed by atoms with E-state index in [9.17, 15) is 14.4 Å². The Balaban J connectivity index is 1.38. The van der Waals surface area contributed by atoms with Crippen LogP contribution in [0.5, 0.6) is 0 Å². The molecule has 164 valence electrons. The third kappa shape index (κ3) is 3.93. The number of rotatable bonds is 5. The van der Waals surface area contributed by atoms with Gasteiger partial charge in [-0.2, -0.15) is 0 Å². The molecule has 0 unspecified atom stereocenters. The molecule has 0 radical (unpaired) electrons. The average molecular weight is 451 g/mol. The third-order valence-corrected chi connectivity index (χ3v) is 6.69. The normalized spacial score (nSPS) is 14.8. The van der Waals surface area contributed by atoms with Crippen LogP contribution in [0.1, 0.15) is 38.1 Å². The predicted molar refractivity (Wildman–Crippen MR) is 123 cm³/mol. The number of hydrogen-bond donors (Lipinski definition) is 2. The lowest BCUT2D eigenvalue weighted by molar-refractivity contribution is -0.113.